The van der Waals surface area contributed by atoms with E-state index in [0.29, 0.717) is 0 Å². The van der Waals surface area contributed by atoms with Crippen molar-refractivity contribution < 1.29 is 1.43 Å². The van der Waals surface area contributed by atoms with Crippen molar-refractivity contribution in [1.29, 1.82) is 0 Å². The summed E-state index contributed by atoms with van der Waals surface area (Å²) in [7, 11) is 0. The van der Waals surface area contributed by atoms with Gasteiger partial charge < -0.3 is 15.5 Å². The van der Waals surface area contributed by atoms with E-state index >= 15 is 0 Å². The highest BCUT2D eigenvalue weighted by atomic mass is 15.3. The second-order valence-electron chi connectivity index (χ2n) is 4.53. The minimum atomic E-state index is 0. The molecule has 0 bridgehead atoms. The maximum Gasteiger partial charge on any atom is 0.0110 e. The average molecular weight is 231 g/mol. The topological polar surface area (TPSA) is 32.5 Å². The van der Waals surface area contributed by atoms with Crippen LogP contribution in [-0.4, -0.2) is 55.6 Å². The first-order chi connectivity index (χ1) is 7.78. The first-order valence-corrected chi connectivity index (χ1v) is 6.93. The lowest BCUT2D eigenvalue weighted by Crippen LogP contribution is -2.46. The second-order valence-corrected chi connectivity index (χ2v) is 4.53. The van der Waals surface area contributed by atoms with Gasteiger partial charge in [-0.1, -0.05) is 27.2 Å². The third kappa shape index (κ3) is 8.08. The lowest BCUT2D eigenvalue weighted by Gasteiger charge is -2.34. The van der Waals surface area contributed by atoms with Crippen LogP contribution in [0.25, 0.3) is 0 Å². The molecule has 0 aromatic heterocycles. The third-order valence-electron chi connectivity index (χ3n) is 2.68. The van der Waals surface area contributed by atoms with Crippen molar-refractivity contribution in [3.05, 3.63) is 0 Å². The minimum Gasteiger partial charge on any atom is -0.330 e. The third-order valence-corrected chi connectivity index (χ3v) is 2.68. The van der Waals surface area contributed by atoms with Crippen LogP contribution >= 0.6 is 0 Å². The van der Waals surface area contributed by atoms with Crippen molar-refractivity contribution in [2.24, 2.45) is 5.73 Å². The van der Waals surface area contributed by atoms with Gasteiger partial charge in [0.25, 0.3) is 0 Å². The Morgan fingerprint density at radius 3 is 1.75 bits per heavy atom. The fourth-order valence-corrected chi connectivity index (χ4v) is 1.87. The number of rotatable bonds is 5. The fourth-order valence-electron chi connectivity index (χ4n) is 1.87. The molecule has 0 aliphatic carbocycles. The van der Waals surface area contributed by atoms with E-state index in [1.54, 1.807) is 0 Å². The summed E-state index contributed by atoms with van der Waals surface area (Å²) >= 11 is 0. The van der Waals surface area contributed by atoms with E-state index in [-0.39, 0.29) is 1.43 Å². The van der Waals surface area contributed by atoms with Gasteiger partial charge in [0, 0.05) is 27.6 Å². The van der Waals surface area contributed by atoms with Crippen molar-refractivity contribution in [2.45, 2.75) is 40.0 Å². The average Bonchev–Trinajstić information content (AvgIpc) is 2.30. The van der Waals surface area contributed by atoms with Crippen LogP contribution < -0.4 is 5.73 Å². The van der Waals surface area contributed by atoms with Crippen molar-refractivity contribution in [3.63, 3.8) is 0 Å². The van der Waals surface area contributed by atoms with E-state index in [1.807, 2.05) is 0 Å². The summed E-state index contributed by atoms with van der Waals surface area (Å²) in [4.78, 5) is 5.08. The molecule has 0 saturated carbocycles. The summed E-state index contributed by atoms with van der Waals surface area (Å²) in [6.45, 7) is 14.8. The zero-order chi connectivity index (χ0) is 12.2. The largest absolute Gasteiger partial charge is 0.330 e. The molecule has 0 aromatic carbocycles. The summed E-state index contributed by atoms with van der Waals surface area (Å²) in [5.41, 5.74) is 5.48. The molecule has 0 unspecified atom stereocenters. The molecule has 0 aromatic rings. The monoisotopic (exact) mass is 231 g/mol. The Balaban J connectivity index is 0. The Kier molecular flexibility index (Phi) is 11.3. The molecule has 1 rings (SSSR count). The predicted molar refractivity (Wildman–Crippen MR) is 74.9 cm³/mol. The van der Waals surface area contributed by atoms with Crippen molar-refractivity contribution in [3.8, 4) is 0 Å². The molecule has 3 heteroatoms. The summed E-state index contributed by atoms with van der Waals surface area (Å²) in [5.74, 6) is 0. The van der Waals surface area contributed by atoms with Gasteiger partial charge in [0.05, 0.1) is 0 Å². The molecule has 3 nitrogen and oxygen atoms in total. The highest BCUT2D eigenvalue weighted by Crippen LogP contribution is 2.02. The fraction of sp³-hybridized carbons (Fsp3) is 1.00. The lowest BCUT2D eigenvalue weighted by atomic mass is 10.3. The Morgan fingerprint density at radius 1 is 0.938 bits per heavy atom. The van der Waals surface area contributed by atoms with Crippen LogP contribution in [0.5, 0.6) is 0 Å². The molecule has 0 atom stereocenters. The van der Waals surface area contributed by atoms with Gasteiger partial charge in [-0.3, -0.25) is 0 Å². The van der Waals surface area contributed by atoms with Gasteiger partial charge in [0.2, 0.25) is 0 Å². The molecule has 100 valence electrons. The van der Waals surface area contributed by atoms with Gasteiger partial charge in [-0.15, -0.1) is 0 Å². The van der Waals surface area contributed by atoms with Crippen LogP contribution in [0, 0.1) is 0 Å². The minimum absolute atomic E-state index is 0. The highest BCUT2D eigenvalue weighted by Gasteiger charge is 2.14. The highest BCUT2D eigenvalue weighted by molar-refractivity contribution is 4.71. The van der Waals surface area contributed by atoms with E-state index in [4.69, 9.17) is 5.73 Å². The van der Waals surface area contributed by atoms with E-state index in [1.165, 1.54) is 52.1 Å². The predicted octanol–water partition coefficient (Wildman–Crippen LogP) is 2.03. The number of nitrogens with zero attached hydrogens (tertiary/aromatic N) is 2. The van der Waals surface area contributed by atoms with Crippen LogP contribution in [0.15, 0.2) is 0 Å². The molecule has 1 fully saturated rings. The summed E-state index contributed by atoms with van der Waals surface area (Å²) < 4.78 is 0. The van der Waals surface area contributed by atoms with Crippen LogP contribution in [-0.2, 0) is 0 Å². The molecule has 0 spiro atoms. The SMILES string of the molecule is CCC.CCCN1CCN(CCCN)CC1.[HH]. The Morgan fingerprint density at radius 2 is 1.38 bits per heavy atom. The van der Waals surface area contributed by atoms with Crippen LogP contribution in [0.4, 0.5) is 0 Å². The molecule has 16 heavy (non-hydrogen) atoms. The summed E-state index contributed by atoms with van der Waals surface area (Å²) in [6, 6.07) is 0. The Bertz CT molecular complexity index is 137. The first-order valence-electron chi connectivity index (χ1n) is 6.93. The van der Waals surface area contributed by atoms with Gasteiger partial charge in [0.1, 0.15) is 0 Å². The Labute approximate surface area is 103 Å². The molecular formula is C13H33N3. The van der Waals surface area contributed by atoms with Gasteiger partial charge in [-0.25, -0.2) is 0 Å². The standard InChI is InChI=1S/C10H23N3.C3H8.H2/c1-2-5-12-7-9-13(10-8-12)6-3-4-11;1-3-2;/h2-11H2,1H3;3H2,1-2H3;1H. The Hall–Kier alpha value is -0.120. The maximum atomic E-state index is 5.48. The normalized spacial score (nSPS) is 18.0. The molecule has 1 heterocycles. The van der Waals surface area contributed by atoms with Crippen molar-refractivity contribution in [1.82, 2.24) is 9.80 Å². The van der Waals surface area contributed by atoms with Crippen LogP contribution in [0.3, 0.4) is 0 Å². The zero-order valence-corrected chi connectivity index (χ0v) is 11.5. The summed E-state index contributed by atoms with van der Waals surface area (Å²) in [6.07, 6.45) is 3.68. The number of hydrogen-bond acceptors (Lipinski definition) is 3. The molecule has 0 amide bonds. The van der Waals surface area contributed by atoms with Gasteiger partial charge >= 0.3 is 0 Å². The number of nitrogens with two attached hydrogens (primary N) is 1. The van der Waals surface area contributed by atoms with E-state index in [2.05, 4.69) is 30.6 Å². The summed E-state index contributed by atoms with van der Waals surface area (Å²) in [5, 5.41) is 0. The van der Waals surface area contributed by atoms with Crippen molar-refractivity contribution >= 4 is 0 Å². The number of hydrogen-bond donors (Lipinski definition) is 1. The number of piperazine rings is 1. The molecule has 1 aliphatic heterocycles. The molecule has 1 aliphatic rings. The van der Waals surface area contributed by atoms with Crippen LogP contribution in [0.1, 0.15) is 41.5 Å². The maximum absolute atomic E-state index is 5.48. The smallest absolute Gasteiger partial charge is 0.0110 e. The van der Waals surface area contributed by atoms with Gasteiger partial charge in [-0.05, 0) is 32.5 Å². The molecule has 2 N–H and O–H groups in total. The molecular weight excluding hydrogens is 198 g/mol. The molecule has 0 radical (unpaired) electrons. The molecule has 1 saturated heterocycles. The quantitative estimate of drug-likeness (QED) is 0.786. The lowest BCUT2D eigenvalue weighted by molar-refractivity contribution is 0.132. The van der Waals surface area contributed by atoms with E-state index in [0.717, 1.165) is 13.0 Å². The van der Waals surface area contributed by atoms with Gasteiger partial charge in [0.15, 0.2) is 0 Å². The van der Waals surface area contributed by atoms with Crippen LogP contribution in [0.2, 0.25) is 0 Å². The zero-order valence-electron chi connectivity index (χ0n) is 11.5. The van der Waals surface area contributed by atoms with E-state index < -0.39 is 0 Å². The van der Waals surface area contributed by atoms with Gasteiger partial charge in [-0.2, -0.15) is 0 Å². The second kappa shape index (κ2) is 11.4. The van der Waals surface area contributed by atoms with E-state index in [9.17, 15) is 0 Å². The first kappa shape index (κ1) is 15.9. The van der Waals surface area contributed by atoms with Crippen molar-refractivity contribution in [2.75, 3.05) is 45.8 Å².